The number of hydrogen-bond acceptors (Lipinski definition) is 5. The predicted octanol–water partition coefficient (Wildman–Crippen LogP) is 3.62. The summed E-state index contributed by atoms with van der Waals surface area (Å²) in [6, 6.07) is 3.89. The summed E-state index contributed by atoms with van der Waals surface area (Å²) >= 11 is 5.76. The number of methoxy groups -OCH3 is 1. The van der Waals surface area contributed by atoms with E-state index in [4.69, 9.17) is 16.3 Å². The maximum atomic E-state index is 13.2. The zero-order valence-corrected chi connectivity index (χ0v) is 15.1. The monoisotopic (exact) mass is 372 g/mol. The number of nitrogens with zero attached hydrogens (tertiary/aromatic N) is 2. The second-order valence-corrected chi connectivity index (χ2v) is 7.32. The van der Waals surface area contributed by atoms with Crippen molar-refractivity contribution in [1.29, 1.82) is 0 Å². The molecule has 1 heterocycles. The fourth-order valence-electron chi connectivity index (χ4n) is 2.58. The van der Waals surface area contributed by atoms with Crippen LogP contribution in [0.4, 0.5) is 3.89 Å². The first-order valence-electron chi connectivity index (χ1n) is 7.25. The van der Waals surface area contributed by atoms with Crippen LogP contribution in [0.2, 0.25) is 0 Å². The summed E-state index contributed by atoms with van der Waals surface area (Å²) in [5.41, 5.74) is 1.74. The summed E-state index contributed by atoms with van der Waals surface area (Å²) in [4.78, 5) is 7.89. The van der Waals surface area contributed by atoms with Crippen LogP contribution in [0.5, 0.6) is 0 Å². The van der Waals surface area contributed by atoms with Crippen molar-refractivity contribution in [3.05, 3.63) is 41.8 Å². The Morgan fingerprint density at radius 1 is 1.38 bits per heavy atom. The van der Waals surface area contributed by atoms with Crippen LogP contribution >= 0.6 is 11.6 Å². The standard InChI is InChI=1S/C16H18ClFN2O3S/c1-11(2)16(23-3,6-7-17)9-15-13-5-4-12(24(18,21)22)8-14(13)19-10-20-15/h4-8,10-11H,9H2,1-3H3/b7-6+. The van der Waals surface area contributed by atoms with Crippen molar-refractivity contribution in [1.82, 2.24) is 9.97 Å². The minimum atomic E-state index is -4.78. The smallest absolute Gasteiger partial charge is 0.332 e. The van der Waals surface area contributed by atoms with Gasteiger partial charge in [0, 0.05) is 24.5 Å². The van der Waals surface area contributed by atoms with Gasteiger partial charge >= 0.3 is 10.2 Å². The van der Waals surface area contributed by atoms with E-state index in [-0.39, 0.29) is 5.92 Å². The lowest BCUT2D eigenvalue weighted by molar-refractivity contribution is -0.00599. The van der Waals surface area contributed by atoms with Crippen LogP contribution in [0.25, 0.3) is 10.9 Å². The maximum absolute atomic E-state index is 13.2. The Morgan fingerprint density at radius 3 is 2.62 bits per heavy atom. The third-order valence-corrected chi connectivity index (χ3v) is 5.06. The molecule has 130 valence electrons. The van der Waals surface area contributed by atoms with Gasteiger partial charge in [0.1, 0.15) is 11.2 Å². The Bertz CT molecular complexity index is 871. The van der Waals surface area contributed by atoms with Crippen LogP contribution in [0, 0.1) is 5.92 Å². The lowest BCUT2D eigenvalue weighted by Gasteiger charge is -2.33. The molecule has 0 saturated carbocycles. The molecule has 1 unspecified atom stereocenters. The molecule has 8 heteroatoms. The van der Waals surface area contributed by atoms with Crippen molar-refractivity contribution < 1.29 is 17.0 Å². The van der Waals surface area contributed by atoms with Crippen molar-refractivity contribution in [3.8, 4) is 0 Å². The van der Waals surface area contributed by atoms with E-state index in [0.717, 1.165) is 0 Å². The van der Waals surface area contributed by atoms with Crippen LogP contribution in [0.3, 0.4) is 0 Å². The van der Waals surface area contributed by atoms with E-state index in [1.165, 1.54) is 30.1 Å². The summed E-state index contributed by atoms with van der Waals surface area (Å²) in [5.74, 6) is 0.105. The largest absolute Gasteiger partial charge is 0.373 e. The number of rotatable bonds is 6. The molecule has 2 rings (SSSR count). The molecule has 1 atom stereocenters. The van der Waals surface area contributed by atoms with Crippen molar-refractivity contribution in [3.63, 3.8) is 0 Å². The lowest BCUT2D eigenvalue weighted by atomic mass is 9.85. The quantitative estimate of drug-likeness (QED) is 0.724. The van der Waals surface area contributed by atoms with E-state index in [9.17, 15) is 12.3 Å². The van der Waals surface area contributed by atoms with Crippen LogP contribution in [-0.2, 0) is 21.4 Å². The third kappa shape index (κ3) is 3.74. The molecule has 0 amide bonds. The second-order valence-electron chi connectivity index (χ2n) is 5.72. The highest BCUT2D eigenvalue weighted by Gasteiger charge is 2.32. The van der Waals surface area contributed by atoms with Crippen LogP contribution in [0.15, 0.2) is 41.0 Å². The number of fused-ring (bicyclic) bond motifs is 1. The zero-order chi connectivity index (χ0) is 18.0. The molecule has 0 aliphatic heterocycles. The van der Waals surface area contributed by atoms with Gasteiger partial charge in [0.15, 0.2) is 0 Å². The lowest BCUT2D eigenvalue weighted by Crippen LogP contribution is -2.38. The molecule has 1 aromatic heterocycles. The normalized spacial score (nSPS) is 15.2. The van der Waals surface area contributed by atoms with E-state index in [1.807, 2.05) is 13.8 Å². The third-order valence-electron chi connectivity index (χ3n) is 4.12. The van der Waals surface area contributed by atoms with Crippen LogP contribution < -0.4 is 0 Å². The molecule has 0 radical (unpaired) electrons. The molecule has 0 aliphatic carbocycles. The van der Waals surface area contributed by atoms with Gasteiger partial charge < -0.3 is 4.74 Å². The van der Waals surface area contributed by atoms with Gasteiger partial charge in [0.25, 0.3) is 0 Å². The average molecular weight is 373 g/mol. The van der Waals surface area contributed by atoms with Crippen molar-refractivity contribution >= 4 is 32.7 Å². The first-order chi connectivity index (χ1) is 11.2. The number of aromatic nitrogens is 2. The molecule has 24 heavy (non-hydrogen) atoms. The number of ether oxygens (including phenoxy) is 1. The summed E-state index contributed by atoms with van der Waals surface area (Å²) in [6.45, 7) is 4.00. The van der Waals surface area contributed by atoms with E-state index < -0.39 is 20.7 Å². The molecule has 5 nitrogen and oxygen atoms in total. The maximum Gasteiger partial charge on any atom is 0.332 e. The van der Waals surface area contributed by atoms with E-state index >= 15 is 0 Å². The van der Waals surface area contributed by atoms with Crippen LogP contribution in [-0.4, -0.2) is 31.1 Å². The van der Waals surface area contributed by atoms with Gasteiger partial charge in [0.05, 0.1) is 16.8 Å². The van der Waals surface area contributed by atoms with E-state index in [0.29, 0.717) is 23.0 Å². The van der Waals surface area contributed by atoms with Gasteiger partial charge in [-0.15, -0.1) is 3.89 Å². The van der Waals surface area contributed by atoms with E-state index in [1.54, 1.807) is 13.2 Å². The minimum Gasteiger partial charge on any atom is -0.373 e. The molecular formula is C16H18ClFN2O3S. The molecule has 0 N–H and O–H groups in total. The summed E-state index contributed by atoms with van der Waals surface area (Å²) in [5, 5.41) is 0.634. The highest BCUT2D eigenvalue weighted by Crippen LogP contribution is 2.30. The van der Waals surface area contributed by atoms with Crippen LogP contribution in [0.1, 0.15) is 19.5 Å². The first kappa shape index (κ1) is 18.8. The van der Waals surface area contributed by atoms with Crippen molar-refractivity contribution in [2.75, 3.05) is 7.11 Å². The molecule has 0 fully saturated rings. The first-order valence-corrected chi connectivity index (χ1v) is 9.07. The van der Waals surface area contributed by atoms with Gasteiger partial charge in [-0.25, -0.2) is 9.97 Å². The van der Waals surface area contributed by atoms with Gasteiger partial charge in [0.2, 0.25) is 0 Å². The number of hydrogen-bond donors (Lipinski definition) is 0. The Morgan fingerprint density at radius 2 is 2.08 bits per heavy atom. The zero-order valence-electron chi connectivity index (χ0n) is 13.5. The minimum absolute atomic E-state index is 0.105. The average Bonchev–Trinajstić information content (AvgIpc) is 2.53. The Labute approximate surface area is 145 Å². The molecule has 2 aromatic rings. The Balaban J connectivity index is 2.57. The Kier molecular flexibility index (Phi) is 5.57. The van der Waals surface area contributed by atoms with Gasteiger partial charge in [-0.05, 0) is 30.2 Å². The summed E-state index contributed by atoms with van der Waals surface area (Å²) in [6.07, 6.45) is 3.48. The van der Waals surface area contributed by atoms with Crippen molar-refractivity contribution in [2.24, 2.45) is 5.92 Å². The number of halogens is 2. The van der Waals surface area contributed by atoms with Gasteiger partial charge in [-0.2, -0.15) is 8.42 Å². The second kappa shape index (κ2) is 7.13. The summed E-state index contributed by atoms with van der Waals surface area (Å²) < 4.78 is 41.0. The summed E-state index contributed by atoms with van der Waals surface area (Å²) in [7, 11) is -3.19. The fraction of sp³-hybridized carbons (Fsp3) is 0.375. The van der Waals surface area contributed by atoms with Gasteiger partial charge in [-0.3, -0.25) is 0 Å². The molecule has 1 aromatic carbocycles. The van der Waals surface area contributed by atoms with Crippen molar-refractivity contribution in [2.45, 2.75) is 30.8 Å². The molecule has 0 bridgehead atoms. The highest BCUT2D eigenvalue weighted by atomic mass is 35.5. The molecule has 0 aliphatic rings. The topological polar surface area (TPSA) is 69.2 Å². The predicted molar refractivity (Wildman–Crippen MR) is 91.1 cm³/mol. The SMILES string of the molecule is COC(/C=C/Cl)(Cc1ncnc2cc(S(=O)(=O)F)ccc12)C(C)C. The highest BCUT2D eigenvalue weighted by molar-refractivity contribution is 7.86. The molecule has 0 saturated heterocycles. The van der Waals surface area contributed by atoms with E-state index in [2.05, 4.69) is 9.97 Å². The molecule has 0 spiro atoms. The van der Waals surface area contributed by atoms with Gasteiger partial charge in [-0.1, -0.05) is 25.4 Å². The number of benzene rings is 1. The Hall–Kier alpha value is -1.57. The molecular weight excluding hydrogens is 355 g/mol. The fourth-order valence-corrected chi connectivity index (χ4v) is 3.28.